The normalized spacial score (nSPS) is 21.6. The molecular formula is C22H24F3NO3. The van der Waals surface area contributed by atoms with Gasteiger partial charge in [-0.2, -0.15) is 13.2 Å². The lowest BCUT2D eigenvalue weighted by atomic mass is 9.66. The molecule has 156 valence electrons. The van der Waals surface area contributed by atoms with Crippen molar-refractivity contribution in [2.24, 2.45) is 5.41 Å². The minimum absolute atomic E-state index is 0.0494. The van der Waals surface area contributed by atoms with Gasteiger partial charge in [0.1, 0.15) is 0 Å². The summed E-state index contributed by atoms with van der Waals surface area (Å²) in [6, 6.07) is 5.11. The summed E-state index contributed by atoms with van der Waals surface area (Å²) in [5, 5.41) is 3.09. The molecule has 0 saturated heterocycles. The molecule has 1 unspecified atom stereocenters. The Bertz CT molecular complexity index is 925. The van der Waals surface area contributed by atoms with Crippen molar-refractivity contribution in [1.29, 1.82) is 0 Å². The van der Waals surface area contributed by atoms with E-state index in [1.807, 2.05) is 0 Å². The number of ether oxygens (including phenoxy) is 1. The van der Waals surface area contributed by atoms with Crippen molar-refractivity contribution in [1.82, 2.24) is 5.32 Å². The van der Waals surface area contributed by atoms with E-state index in [2.05, 4.69) is 5.32 Å². The van der Waals surface area contributed by atoms with Gasteiger partial charge in [0, 0.05) is 28.3 Å². The van der Waals surface area contributed by atoms with Gasteiger partial charge in [0.15, 0.2) is 5.78 Å². The van der Waals surface area contributed by atoms with Crippen LogP contribution in [0.25, 0.3) is 0 Å². The lowest BCUT2D eigenvalue weighted by molar-refractivity contribution is -0.140. The highest BCUT2D eigenvalue weighted by Gasteiger charge is 2.47. The number of alkyl halides is 3. The number of halogens is 3. The Kier molecular flexibility index (Phi) is 5.36. The number of rotatable bonds is 3. The lowest BCUT2D eigenvalue weighted by Gasteiger charge is -2.40. The first kappa shape index (κ1) is 21.1. The molecular weight excluding hydrogens is 383 g/mol. The van der Waals surface area contributed by atoms with E-state index >= 15 is 0 Å². The van der Waals surface area contributed by atoms with Crippen molar-refractivity contribution >= 4 is 11.8 Å². The zero-order chi connectivity index (χ0) is 21.6. The number of esters is 1. The van der Waals surface area contributed by atoms with Crippen LogP contribution in [-0.2, 0) is 20.5 Å². The summed E-state index contributed by atoms with van der Waals surface area (Å²) in [7, 11) is 0. The molecule has 0 amide bonds. The van der Waals surface area contributed by atoms with Gasteiger partial charge in [-0.15, -0.1) is 0 Å². The molecule has 1 N–H and O–H groups in total. The Morgan fingerprint density at radius 3 is 2.55 bits per heavy atom. The average Bonchev–Trinajstić information content (AvgIpc) is 2.63. The number of Topliss-reactive ketones (excluding diaryl/α,β-unsaturated/α-hetero) is 1. The van der Waals surface area contributed by atoms with Crippen molar-refractivity contribution in [2.75, 3.05) is 6.61 Å². The number of dihydropyridines is 1. The van der Waals surface area contributed by atoms with E-state index in [1.54, 1.807) is 27.7 Å². The van der Waals surface area contributed by atoms with E-state index in [4.69, 9.17) is 4.74 Å². The SMILES string of the molecule is CCOC(=O)C1=C(C)NC2=C(C(=O)C(C)(C)CC2)C1c1ccccc1C(F)(F)F. The van der Waals surface area contributed by atoms with Gasteiger partial charge in [0.2, 0.25) is 0 Å². The molecule has 1 aliphatic heterocycles. The molecule has 7 heteroatoms. The van der Waals surface area contributed by atoms with Gasteiger partial charge in [-0.05, 0) is 38.3 Å². The van der Waals surface area contributed by atoms with Crippen LogP contribution in [0.15, 0.2) is 46.8 Å². The molecule has 29 heavy (non-hydrogen) atoms. The molecule has 3 rings (SSSR count). The number of ketones is 1. The Hall–Kier alpha value is -2.57. The zero-order valence-electron chi connectivity index (χ0n) is 16.9. The van der Waals surface area contributed by atoms with E-state index in [0.717, 1.165) is 6.07 Å². The van der Waals surface area contributed by atoms with Crippen molar-refractivity contribution in [3.05, 3.63) is 57.9 Å². The molecule has 0 spiro atoms. The van der Waals surface area contributed by atoms with Crippen LogP contribution >= 0.6 is 0 Å². The van der Waals surface area contributed by atoms with Crippen LogP contribution in [0.5, 0.6) is 0 Å². The number of nitrogens with one attached hydrogen (secondary N) is 1. The number of carbonyl (C=O) groups excluding carboxylic acids is 2. The fourth-order valence-electron chi connectivity index (χ4n) is 4.07. The first-order valence-electron chi connectivity index (χ1n) is 9.58. The Morgan fingerprint density at radius 1 is 1.28 bits per heavy atom. The van der Waals surface area contributed by atoms with Gasteiger partial charge in [-0.1, -0.05) is 32.0 Å². The van der Waals surface area contributed by atoms with E-state index in [0.29, 0.717) is 24.2 Å². The molecule has 1 heterocycles. The van der Waals surface area contributed by atoms with Crippen molar-refractivity contribution in [3.8, 4) is 0 Å². The highest BCUT2D eigenvalue weighted by Crippen LogP contribution is 2.49. The van der Waals surface area contributed by atoms with Crippen molar-refractivity contribution < 1.29 is 27.5 Å². The molecule has 1 aromatic carbocycles. The summed E-state index contributed by atoms with van der Waals surface area (Å²) in [4.78, 5) is 26.1. The van der Waals surface area contributed by atoms with Crippen LogP contribution in [0, 0.1) is 5.41 Å². The highest BCUT2D eigenvalue weighted by atomic mass is 19.4. The fraction of sp³-hybridized carbons (Fsp3) is 0.455. The van der Waals surface area contributed by atoms with Gasteiger partial charge >= 0.3 is 12.1 Å². The second-order valence-corrected chi connectivity index (χ2v) is 8.01. The van der Waals surface area contributed by atoms with Crippen LogP contribution in [0.3, 0.4) is 0 Å². The summed E-state index contributed by atoms with van der Waals surface area (Å²) in [5.41, 5.74) is -0.415. The quantitative estimate of drug-likeness (QED) is 0.726. The van der Waals surface area contributed by atoms with Crippen LogP contribution < -0.4 is 5.32 Å². The maximum Gasteiger partial charge on any atom is 0.416 e. The van der Waals surface area contributed by atoms with E-state index in [-0.39, 0.29) is 29.1 Å². The van der Waals surface area contributed by atoms with Gasteiger partial charge < -0.3 is 10.1 Å². The summed E-state index contributed by atoms with van der Waals surface area (Å²) in [5.74, 6) is -2.10. The molecule has 2 aliphatic rings. The zero-order valence-corrected chi connectivity index (χ0v) is 16.9. The molecule has 0 fully saturated rings. The van der Waals surface area contributed by atoms with E-state index < -0.39 is 29.0 Å². The molecule has 0 radical (unpaired) electrons. The molecule has 0 aromatic heterocycles. The maximum atomic E-state index is 13.8. The van der Waals surface area contributed by atoms with E-state index in [9.17, 15) is 22.8 Å². The maximum absolute atomic E-state index is 13.8. The number of carbonyl (C=O) groups is 2. The van der Waals surface area contributed by atoms with Crippen LogP contribution in [0.2, 0.25) is 0 Å². The third kappa shape index (κ3) is 3.70. The first-order chi connectivity index (χ1) is 13.5. The third-order valence-corrected chi connectivity index (χ3v) is 5.58. The molecule has 0 bridgehead atoms. The minimum Gasteiger partial charge on any atom is -0.463 e. The molecule has 0 saturated carbocycles. The van der Waals surface area contributed by atoms with Gasteiger partial charge in [0.05, 0.1) is 17.7 Å². The number of hydrogen-bond donors (Lipinski definition) is 1. The number of benzene rings is 1. The third-order valence-electron chi connectivity index (χ3n) is 5.58. The second-order valence-electron chi connectivity index (χ2n) is 8.01. The summed E-state index contributed by atoms with van der Waals surface area (Å²) < 4.78 is 46.5. The Morgan fingerprint density at radius 2 is 1.93 bits per heavy atom. The Balaban J connectivity index is 2.30. The van der Waals surface area contributed by atoms with Crippen LogP contribution in [0.4, 0.5) is 13.2 Å². The predicted octanol–water partition coefficient (Wildman–Crippen LogP) is 4.87. The average molecular weight is 407 g/mol. The van der Waals surface area contributed by atoms with Crippen LogP contribution in [-0.4, -0.2) is 18.4 Å². The lowest BCUT2D eigenvalue weighted by Crippen LogP contribution is -2.41. The standard InChI is InChI=1S/C22H24F3NO3/c1-5-29-20(28)16-12(2)26-15-10-11-21(3,4)19(27)18(15)17(16)13-8-6-7-9-14(13)22(23,24)25/h6-9,17,26H,5,10-11H2,1-4H3. The highest BCUT2D eigenvalue weighted by molar-refractivity contribution is 6.06. The second kappa shape index (κ2) is 7.35. The number of hydrogen-bond acceptors (Lipinski definition) is 4. The summed E-state index contributed by atoms with van der Waals surface area (Å²) in [6.07, 6.45) is -3.53. The molecule has 4 nitrogen and oxygen atoms in total. The van der Waals surface area contributed by atoms with Crippen molar-refractivity contribution in [2.45, 2.75) is 52.6 Å². The monoisotopic (exact) mass is 407 g/mol. The fourth-order valence-corrected chi connectivity index (χ4v) is 4.07. The number of allylic oxidation sites excluding steroid dienone is 3. The van der Waals surface area contributed by atoms with Gasteiger partial charge in [-0.3, -0.25) is 4.79 Å². The molecule has 1 atom stereocenters. The topological polar surface area (TPSA) is 55.4 Å². The van der Waals surface area contributed by atoms with Gasteiger partial charge in [-0.25, -0.2) is 4.79 Å². The Labute approximate surface area is 167 Å². The molecule has 1 aromatic rings. The first-order valence-corrected chi connectivity index (χ1v) is 9.58. The smallest absolute Gasteiger partial charge is 0.416 e. The predicted molar refractivity (Wildman–Crippen MR) is 102 cm³/mol. The van der Waals surface area contributed by atoms with Crippen molar-refractivity contribution in [3.63, 3.8) is 0 Å². The minimum atomic E-state index is -4.62. The largest absolute Gasteiger partial charge is 0.463 e. The van der Waals surface area contributed by atoms with E-state index in [1.165, 1.54) is 18.2 Å². The van der Waals surface area contributed by atoms with Gasteiger partial charge in [0.25, 0.3) is 0 Å². The summed E-state index contributed by atoms with van der Waals surface area (Å²) in [6.45, 7) is 6.89. The molecule has 1 aliphatic carbocycles. The summed E-state index contributed by atoms with van der Waals surface area (Å²) >= 11 is 0. The van der Waals surface area contributed by atoms with Crippen LogP contribution in [0.1, 0.15) is 57.6 Å².